The lowest BCUT2D eigenvalue weighted by Crippen LogP contribution is -2.11. The van der Waals surface area contributed by atoms with Gasteiger partial charge in [0.2, 0.25) is 0 Å². The van der Waals surface area contributed by atoms with E-state index >= 15 is 0 Å². The number of hydrogen-bond donors (Lipinski definition) is 4. The Morgan fingerprint density at radius 3 is 2.27 bits per heavy atom. The van der Waals surface area contributed by atoms with E-state index in [2.05, 4.69) is 57.4 Å². The first-order valence-electron chi connectivity index (χ1n) is 2.76. The molecule has 0 aliphatic carbocycles. The smallest absolute Gasteiger partial charge is 0.166 e. The summed E-state index contributed by atoms with van der Waals surface area (Å²) < 4.78 is 5.14. The molecule has 11 heavy (non-hydrogen) atoms. The lowest BCUT2D eigenvalue weighted by atomic mass is 10.2. The van der Waals surface area contributed by atoms with E-state index in [1.807, 2.05) is 0 Å². The lowest BCUT2D eigenvalue weighted by Gasteiger charge is -2.22. The average Bonchev–Trinajstić information content (AvgIpc) is 1.97. The molecule has 1 unspecified atom stereocenters. The molecule has 5 heteroatoms. The van der Waals surface area contributed by atoms with Crippen molar-refractivity contribution in [2.45, 2.75) is 5.44 Å². The summed E-state index contributed by atoms with van der Waals surface area (Å²) in [7, 11) is 0. The van der Waals surface area contributed by atoms with Gasteiger partial charge in [-0.2, -0.15) is 0 Å². The predicted molar refractivity (Wildman–Crippen MR) is 60.2 cm³/mol. The molecule has 0 aromatic rings. The maximum atomic E-state index is 5.14. The first-order valence-corrected chi connectivity index (χ1v) is 4.62. The van der Waals surface area contributed by atoms with E-state index < -0.39 is 0 Å². The van der Waals surface area contributed by atoms with Crippen LogP contribution in [0.25, 0.3) is 0 Å². The van der Waals surface area contributed by atoms with Gasteiger partial charge in [-0.15, -0.1) is 50.5 Å². The quantitative estimate of drug-likeness (QED) is 0.461. The van der Waals surface area contributed by atoms with Gasteiger partial charge in [0.1, 0.15) is 0 Å². The Morgan fingerprint density at radius 1 is 1.18 bits per heavy atom. The monoisotopic (exact) mass is 223 g/mol. The second-order valence-corrected chi connectivity index (χ2v) is 3.77. The summed E-state index contributed by atoms with van der Waals surface area (Å²) in [4.78, 5) is 1.29. The SMILES string of the molecule is [CH2]C1=C(S)C(S)=C(S)OC1S. The van der Waals surface area contributed by atoms with E-state index in [9.17, 15) is 0 Å². The van der Waals surface area contributed by atoms with Gasteiger partial charge >= 0.3 is 0 Å². The minimum Gasteiger partial charge on any atom is -0.468 e. The first-order chi connectivity index (χ1) is 5.04. The molecule has 1 aliphatic rings. The highest BCUT2D eigenvalue weighted by Crippen LogP contribution is 2.35. The van der Waals surface area contributed by atoms with Crippen molar-refractivity contribution in [3.63, 3.8) is 0 Å². The molecule has 0 saturated heterocycles. The Hall–Kier alpha value is 0.680. The largest absolute Gasteiger partial charge is 0.468 e. The molecule has 61 valence electrons. The Labute approximate surface area is 87.9 Å². The third-order valence-corrected chi connectivity index (χ3v) is 3.29. The molecular formula is C6H7OS4. The van der Waals surface area contributed by atoms with Gasteiger partial charge in [-0.05, 0) is 12.5 Å². The molecule has 0 N–H and O–H groups in total. The van der Waals surface area contributed by atoms with Gasteiger partial charge in [0.05, 0.1) is 4.91 Å². The van der Waals surface area contributed by atoms with Crippen molar-refractivity contribution in [3.8, 4) is 0 Å². The maximum absolute atomic E-state index is 5.14. The van der Waals surface area contributed by atoms with Crippen molar-refractivity contribution < 1.29 is 4.74 Å². The van der Waals surface area contributed by atoms with Gasteiger partial charge in [-0.1, -0.05) is 0 Å². The van der Waals surface area contributed by atoms with Gasteiger partial charge in [0.15, 0.2) is 10.5 Å². The molecule has 0 saturated carbocycles. The number of hydrogen-bond acceptors (Lipinski definition) is 5. The van der Waals surface area contributed by atoms with Crippen LogP contribution in [-0.4, -0.2) is 5.44 Å². The van der Waals surface area contributed by atoms with E-state index in [0.29, 0.717) is 20.5 Å². The van der Waals surface area contributed by atoms with Crippen LogP contribution in [-0.2, 0) is 4.74 Å². The summed E-state index contributed by atoms with van der Waals surface area (Å²) in [6.45, 7) is 3.73. The molecule has 1 nitrogen and oxygen atoms in total. The highest BCUT2D eigenvalue weighted by Gasteiger charge is 2.20. The van der Waals surface area contributed by atoms with Crippen LogP contribution in [0.4, 0.5) is 0 Å². The van der Waals surface area contributed by atoms with Crippen molar-refractivity contribution in [1.82, 2.24) is 0 Å². The summed E-state index contributed by atoms with van der Waals surface area (Å²) in [6.07, 6.45) is 0. The summed E-state index contributed by atoms with van der Waals surface area (Å²) >= 11 is 16.4. The fourth-order valence-corrected chi connectivity index (χ4v) is 1.74. The molecule has 1 atom stereocenters. The van der Waals surface area contributed by atoms with Crippen LogP contribution in [0, 0.1) is 6.92 Å². The van der Waals surface area contributed by atoms with Crippen molar-refractivity contribution >= 4 is 50.5 Å². The van der Waals surface area contributed by atoms with Gasteiger partial charge in [-0.25, -0.2) is 0 Å². The van der Waals surface area contributed by atoms with Crippen LogP contribution >= 0.6 is 50.5 Å². The van der Waals surface area contributed by atoms with Crippen LogP contribution in [0.5, 0.6) is 0 Å². The van der Waals surface area contributed by atoms with Gasteiger partial charge in [0, 0.05) is 4.91 Å². The molecule has 0 spiro atoms. The molecule has 0 amide bonds. The van der Waals surface area contributed by atoms with Crippen molar-refractivity contribution in [2.24, 2.45) is 0 Å². The third kappa shape index (κ3) is 1.88. The van der Waals surface area contributed by atoms with Crippen molar-refractivity contribution in [3.05, 3.63) is 27.4 Å². The molecule has 0 fully saturated rings. The molecular weight excluding hydrogens is 216 g/mol. The van der Waals surface area contributed by atoms with Crippen LogP contribution in [0.3, 0.4) is 0 Å². The third-order valence-electron chi connectivity index (χ3n) is 1.25. The first kappa shape index (κ1) is 9.77. The molecule has 1 aliphatic heterocycles. The Kier molecular flexibility index (Phi) is 3.19. The molecule has 1 radical (unpaired) electrons. The zero-order valence-corrected chi connectivity index (χ0v) is 9.06. The molecule has 0 aromatic carbocycles. The van der Waals surface area contributed by atoms with E-state index in [1.54, 1.807) is 0 Å². The van der Waals surface area contributed by atoms with Gasteiger partial charge in [-0.3, -0.25) is 0 Å². The average molecular weight is 223 g/mol. The Morgan fingerprint density at radius 2 is 1.73 bits per heavy atom. The van der Waals surface area contributed by atoms with E-state index in [1.165, 1.54) is 0 Å². The van der Waals surface area contributed by atoms with Crippen LogP contribution < -0.4 is 0 Å². The summed E-state index contributed by atoms with van der Waals surface area (Å²) in [6, 6.07) is 0. The molecule has 1 heterocycles. The highest BCUT2D eigenvalue weighted by atomic mass is 32.1. The summed E-state index contributed by atoms with van der Waals surface area (Å²) in [5.74, 6) is 0. The summed E-state index contributed by atoms with van der Waals surface area (Å²) in [5.41, 5.74) is 0.352. The lowest BCUT2D eigenvalue weighted by molar-refractivity contribution is 0.239. The highest BCUT2D eigenvalue weighted by molar-refractivity contribution is 7.92. The van der Waals surface area contributed by atoms with Gasteiger partial charge < -0.3 is 4.74 Å². The number of rotatable bonds is 0. The second kappa shape index (κ2) is 3.60. The predicted octanol–water partition coefficient (Wildman–Crippen LogP) is 2.32. The molecule has 0 aromatic heterocycles. The molecule has 1 rings (SSSR count). The Bertz CT molecular complexity index is 243. The van der Waals surface area contributed by atoms with Crippen molar-refractivity contribution in [2.75, 3.05) is 0 Å². The van der Waals surface area contributed by atoms with Crippen LogP contribution in [0.2, 0.25) is 0 Å². The number of ether oxygens (including phenoxy) is 1. The second-order valence-electron chi connectivity index (χ2n) is 2.00. The minimum absolute atomic E-state index is 0.356. The van der Waals surface area contributed by atoms with E-state index in [4.69, 9.17) is 4.74 Å². The van der Waals surface area contributed by atoms with E-state index in [0.717, 1.165) is 0 Å². The summed E-state index contributed by atoms with van der Waals surface area (Å²) in [5, 5.41) is 0.436. The fraction of sp³-hybridized carbons (Fsp3) is 0.167. The van der Waals surface area contributed by atoms with Gasteiger partial charge in [0.25, 0.3) is 0 Å². The zero-order chi connectivity index (χ0) is 8.59. The molecule has 0 bridgehead atoms. The van der Waals surface area contributed by atoms with Crippen LogP contribution in [0.15, 0.2) is 20.5 Å². The van der Waals surface area contributed by atoms with E-state index in [-0.39, 0.29) is 5.44 Å². The Balaban J connectivity index is 3.07. The standard InChI is InChI=1S/C6H7OS4/c1-2-3(8)4(9)6(11)7-5(2)10/h5,8-11H,1H2. The normalized spacial score (nSPS) is 25.7. The fourth-order valence-electron chi connectivity index (χ4n) is 0.603. The number of thiol groups is 4. The van der Waals surface area contributed by atoms with Crippen LogP contribution in [0.1, 0.15) is 0 Å². The van der Waals surface area contributed by atoms with Crippen molar-refractivity contribution in [1.29, 1.82) is 0 Å². The maximum Gasteiger partial charge on any atom is 0.166 e. The topological polar surface area (TPSA) is 9.23 Å². The minimum atomic E-state index is -0.356. The zero-order valence-electron chi connectivity index (χ0n) is 5.48.